The molecule has 2 atom stereocenters. The van der Waals surface area contributed by atoms with Gasteiger partial charge in [-0.1, -0.05) is 19.1 Å². The highest BCUT2D eigenvalue weighted by Crippen LogP contribution is 2.32. The van der Waals surface area contributed by atoms with Crippen molar-refractivity contribution in [2.75, 3.05) is 5.32 Å². The lowest BCUT2D eigenvalue weighted by atomic mass is 9.93. The van der Waals surface area contributed by atoms with E-state index in [9.17, 15) is 4.79 Å². The van der Waals surface area contributed by atoms with Gasteiger partial charge in [0.2, 0.25) is 0 Å². The molecule has 1 aromatic carbocycles. The molecule has 0 fully saturated rings. The SMILES string of the molecule is Cc1cccc(O[C@@H](C)C(=O)Nc2nc3c(s2)C[C@H](C)CC3)c1. The number of amides is 1. The van der Waals surface area contributed by atoms with Crippen LogP contribution in [0.4, 0.5) is 5.13 Å². The Kier molecular flexibility index (Phi) is 4.66. The maximum absolute atomic E-state index is 12.3. The number of aromatic nitrogens is 1. The molecular formula is C18H22N2O2S. The van der Waals surface area contributed by atoms with Crippen LogP contribution >= 0.6 is 11.3 Å². The predicted molar refractivity (Wildman–Crippen MR) is 93.2 cm³/mol. The molecule has 1 amide bonds. The molecule has 0 aliphatic heterocycles. The third-order valence-electron chi connectivity index (χ3n) is 4.09. The number of hydrogen-bond acceptors (Lipinski definition) is 4. The van der Waals surface area contributed by atoms with Crippen molar-refractivity contribution < 1.29 is 9.53 Å². The summed E-state index contributed by atoms with van der Waals surface area (Å²) in [6.45, 7) is 6.02. The number of carbonyl (C=O) groups is 1. The minimum Gasteiger partial charge on any atom is -0.481 e. The Balaban J connectivity index is 1.62. The molecule has 3 rings (SSSR count). The van der Waals surface area contributed by atoms with Gasteiger partial charge in [-0.25, -0.2) is 4.98 Å². The molecule has 0 saturated heterocycles. The Morgan fingerprint density at radius 2 is 2.30 bits per heavy atom. The van der Waals surface area contributed by atoms with E-state index in [2.05, 4.69) is 17.2 Å². The molecule has 1 aliphatic rings. The Hall–Kier alpha value is -1.88. The van der Waals surface area contributed by atoms with Gasteiger partial charge in [-0.3, -0.25) is 10.1 Å². The van der Waals surface area contributed by atoms with Crippen LogP contribution < -0.4 is 10.1 Å². The highest BCUT2D eigenvalue weighted by atomic mass is 32.1. The third kappa shape index (κ3) is 3.91. The van der Waals surface area contributed by atoms with Crippen LogP contribution in [0.1, 0.15) is 36.4 Å². The van der Waals surface area contributed by atoms with Gasteiger partial charge in [-0.15, -0.1) is 11.3 Å². The fraction of sp³-hybridized carbons (Fsp3) is 0.444. The highest BCUT2D eigenvalue weighted by molar-refractivity contribution is 7.15. The van der Waals surface area contributed by atoms with E-state index in [-0.39, 0.29) is 5.91 Å². The van der Waals surface area contributed by atoms with E-state index < -0.39 is 6.10 Å². The lowest BCUT2D eigenvalue weighted by Crippen LogP contribution is -2.30. The number of benzene rings is 1. The zero-order valence-electron chi connectivity index (χ0n) is 13.8. The van der Waals surface area contributed by atoms with E-state index in [1.54, 1.807) is 18.3 Å². The van der Waals surface area contributed by atoms with E-state index >= 15 is 0 Å². The van der Waals surface area contributed by atoms with Gasteiger partial charge in [0, 0.05) is 4.88 Å². The zero-order valence-corrected chi connectivity index (χ0v) is 14.6. The van der Waals surface area contributed by atoms with Crippen molar-refractivity contribution in [2.45, 2.75) is 46.1 Å². The molecule has 0 bridgehead atoms. The summed E-state index contributed by atoms with van der Waals surface area (Å²) < 4.78 is 5.71. The fourth-order valence-corrected chi connectivity index (χ4v) is 3.92. The van der Waals surface area contributed by atoms with Gasteiger partial charge in [-0.05, 0) is 56.7 Å². The average molecular weight is 330 g/mol. The number of anilines is 1. The number of nitrogens with zero attached hydrogens (tertiary/aromatic N) is 1. The molecule has 0 saturated carbocycles. The number of carbonyl (C=O) groups excluding carboxylic acids is 1. The van der Waals surface area contributed by atoms with Crippen molar-refractivity contribution in [2.24, 2.45) is 5.92 Å². The topological polar surface area (TPSA) is 51.2 Å². The quantitative estimate of drug-likeness (QED) is 0.922. The number of rotatable bonds is 4. The first kappa shape index (κ1) is 16.0. The van der Waals surface area contributed by atoms with Crippen molar-refractivity contribution in [1.82, 2.24) is 4.98 Å². The summed E-state index contributed by atoms with van der Waals surface area (Å²) in [6.07, 6.45) is 2.70. The molecule has 1 aromatic heterocycles. The van der Waals surface area contributed by atoms with Crippen LogP contribution in [0.5, 0.6) is 5.75 Å². The normalized spacial score (nSPS) is 18.1. The third-order valence-corrected chi connectivity index (χ3v) is 5.12. The maximum Gasteiger partial charge on any atom is 0.266 e. The smallest absolute Gasteiger partial charge is 0.266 e. The van der Waals surface area contributed by atoms with Gasteiger partial charge >= 0.3 is 0 Å². The van der Waals surface area contributed by atoms with Crippen molar-refractivity contribution in [3.05, 3.63) is 40.4 Å². The highest BCUT2D eigenvalue weighted by Gasteiger charge is 2.22. The monoisotopic (exact) mass is 330 g/mol. The largest absolute Gasteiger partial charge is 0.481 e. The van der Waals surface area contributed by atoms with Crippen LogP contribution in [0, 0.1) is 12.8 Å². The van der Waals surface area contributed by atoms with Crippen molar-refractivity contribution in [3.8, 4) is 5.75 Å². The van der Waals surface area contributed by atoms with Gasteiger partial charge in [0.05, 0.1) is 5.69 Å². The molecule has 4 nitrogen and oxygen atoms in total. The number of ether oxygens (including phenoxy) is 1. The second-order valence-corrected chi connectivity index (χ2v) is 7.39. The summed E-state index contributed by atoms with van der Waals surface area (Å²) in [7, 11) is 0. The number of fused-ring (bicyclic) bond motifs is 1. The first-order valence-corrected chi connectivity index (χ1v) is 8.85. The summed E-state index contributed by atoms with van der Waals surface area (Å²) in [5.41, 5.74) is 2.26. The van der Waals surface area contributed by atoms with Gasteiger partial charge in [0.15, 0.2) is 11.2 Å². The van der Waals surface area contributed by atoms with Gasteiger partial charge < -0.3 is 4.74 Å². The molecular weight excluding hydrogens is 308 g/mol. The van der Waals surface area contributed by atoms with Crippen LogP contribution in [0.2, 0.25) is 0 Å². The minimum absolute atomic E-state index is 0.161. The number of hydrogen-bond donors (Lipinski definition) is 1. The van der Waals surface area contributed by atoms with Crippen molar-refractivity contribution in [1.29, 1.82) is 0 Å². The molecule has 23 heavy (non-hydrogen) atoms. The van der Waals surface area contributed by atoms with Gasteiger partial charge in [0.1, 0.15) is 5.75 Å². The standard InChI is InChI=1S/C18H22N2O2S/c1-11-5-4-6-14(9-11)22-13(3)17(21)20-18-19-15-8-7-12(2)10-16(15)23-18/h4-6,9,12-13H,7-8,10H2,1-3H3,(H,19,20,21)/t12-,13+/m1/s1. The summed E-state index contributed by atoms with van der Waals surface area (Å²) in [4.78, 5) is 18.2. The van der Waals surface area contributed by atoms with Gasteiger partial charge in [0.25, 0.3) is 5.91 Å². The van der Waals surface area contributed by atoms with Crippen LogP contribution in [-0.2, 0) is 17.6 Å². The van der Waals surface area contributed by atoms with E-state index in [4.69, 9.17) is 4.74 Å². The molecule has 2 aromatic rings. The lowest BCUT2D eigenvalue weighted by Gasteiger charge is -2.15. The van der Waals surface area contributed by atoms with E-state index in [0.29, 0.717) is 16.8 Å². The predicted octanol–water partition coefficient (Wildman–Crippen LogP) is 3.98. The molecule has 1 heterocycles. The second kappa shape index (κ2) is 6.71. The first-order valence-electron chi connectivity index (χ1n) is 8.04. The summed E-state index contributed by atoms with van der Waals surface area (Å²) >= 11 is 1.59. The van der Waals surface area contributed by atoms with Crippen LogP contribution in [-0.4, -0.2) is 17.0 Å². The Morgan fingerprint density at radius 3 is 3.09 bits per heavy atom. The summed E-state index contributed by atoms with van der Waals surface area (Å²) in [5, 5.41) is 3.58. The molecule has 122 valence electrons. The Morgan fingerprint density at radius 1 is 1.48 bits per heavy atom. The Labute approximate surface area is 140 Å². The lowest BCUT2D eigenvalue weighted by molar-refractivity contribution is -0.122. The van der Waals surface area contributed by atoms with Crippen LogP contribution in [0.3, 0.4) is 0 Å². The van der Waals surface area contributed by atoms with Crippen LogP contribution in [0.25, 0.3) is 0 Å². The van der Waals surface area contributed by atoms with E-state index in [1.165, 1.54) is 11.3 Å². The average Bonchev–Trinajstić information content (AvgIpc) is 2.88. The number of nitrogens with one attached hydrogen (secondary N) is 1. The maximum atomic E-state index is 12.3. The molecule has 1 aliphatic carbocycles. The van der Waals surface area contributed by atoms with Crippen molar-refractivity contribution >= 4 is 22.4 Å². The summed E-state index contributed by atoms with van der Waals surface area (Å²) in [6, 6.07) is 7.71. The number of aryl methyl sites for hydroxylation is 2. The van der Waals surface area contributed by atoms with E-state index in [0.717, 1.165) is 24.1 Å². The molecule has 0 spiro atoms. The number of thiazole rings is 1. The Bertz CT molecular complexity index is 711. The molecule has 0 radical (unpaired) electrons. The van der Waals surface area contributed by atoms with Crippen molar-refractivity contribution in [3.63, 3.8) is 0 Å². The first-order chi connectivity index (χ1) is 11.0. The molecule has 1 N–H and O–H groups in total. The van der Waals surface area contributed by atoms with E-state index in [1.807, 2.05) is 31.2 Å². The fourth-order valence-electron chi connectivity index (χ4n) is 2.75. The molecule has 5 heteroatoms. The summed E-state index contributed by atoms with van der Waals surface area (Å²) in [5.74, 6) is 1.25. The zero-order chi connectivity index (χ0) is 16.4. The minimum atomic E-state index is -0.559. The van der Waals surface area contributed by atoms with Crippen LogP contribution in [0.15, 0.2) is 24.3 Å². The molecule has 0 unspecified atom stereocenters. The van der Waals surface area contributed by atoms with Gasteiger partial charge in [-0.2, -0.15) is 0 Å². The second-order valence-electron chi connectivity index (χ2n) is 6.30.